The molecular formula is C28H25N3O5S. The highest BCUT2D eigenvalue weighted by atomic mass is 32.1. The van der Waals surface area contributed by atoms with Crippen LogP contribution in [0.5, 0.6) is 17.2 Å². The molecule has 0 aliphatic rings. The van der Waals surface area contributed by atoms with Crippen LogP contribution in [0.3, 0.4) is 0 Å². The number of carbonyl (C=O) groups is 2. The number of hydrogen-bond acceptors (Lipinski definition) is 6. The molecule has 0 saturated carbocycles. The summed E-state index contributed by atoms with van der Waals surface area (Å²) < 4.78 is 16.8. The lowest BCUT2D eigenvalue weighted by Crippen LogP contribution is -2.49. The molecule has 0 aliphatic heterocycles. The Labute approximate surface area is 219 Å². The van der Waals surface area contributed by atoms with Crippen molar-refractivity contribution in [1.82, 2.24) is 16.2 Å². The lowest BCUT2D eigenvalue weighted by molar-refractivity contribution is -0.123. The molecule has 0 fully saturated rings. The number of rotatable bonds is 9. The molecule has 4 rings (SSSR count). The van der Waals surface area contributed by atoms with Gasteiger partial charge in [-0.15, -0.1) is 0 Å². The van der Waals surface area contributed by atoms with Crippen LogP contribution in [0.4, 0.5) is 0 Å². The smallest absolute Gasteiger partial charge is 0.276 e. The van der Waals surface area contributed by atoms with Crippen molar-refractivity contribution in [2.75, 3.05) is 19.8 Å². The second-order valence-corrected chi connectivity index (χ2v) is 8.16. The van der Waals surface area contributed by atoms with Crippen LogP contribution in [-0.4, -0.2) is 36.7 Å². The molecule has 0 radical (unpaired) electrons. The van der Waals surface area contributed by atoms with Gasteiger partial charge in [0.25, 0.3) is 11.8 Å². The second kappa shape index (κ2) is 12.9. The van der Waals surface area contributed by atoms with Crippen LogP contribution in [0.2, 0.25) is 0 Å². The normalized spacial score (nSPS) is 10.3. The number of para-hydroxylation sites is 1. The zero-order chi connectivity index (χ0) is 25.9. The number of thiocarbonyl (C=S) groups is 1. The van der Waals surface area contributed by atoms with Gasteiger partial charge in [-0.25, -0.2) is 0 Å². The van der Waals surface area contributed by atoms with Crippen molar-refractivity contribution in [3.05, 3.63) is 103 Å². The second-order valence-electron chi connectivity index (χ2n) is 7.76. The Balaban J connectivity index is 1.15. The number of amides is 2. The van der Waals surface area contributed by atoms with Gasteiger partial charge in [-0.2, -0.15) is 0 Å². The summed E-state index contributed by atoms with van der Waals surface area (Å²) in [6, 6.07) is 29.4. The molecule has 188 valence electrons. The monoisotopic (exact) mass is 515 g/mol. The van der Waals surface area contributed by atoms with E-state index in [9.17, 15) is 9.59 Å². The van der Waals surface area contributed by atoms with Crippen molar-refractivity contribution in [2.45, 2.75) is 0 Å². The van der Waals surface area contributed by atoms with Gasteiger partial charge in [0.05, 0.1) is 0 Å². The molecule has 0 aliphatic carbocycles. The Morgan fingerprint density at radius 2 is 1.32 bits per heavy atom. The van der Waals surface area contributed by atoms with Crippen molar-refractivity contribution in [3.8, 4) is 17.2 Å². The molecule has 37 heavy (non-hydrogen) atoms. The van der Waals surface area contributed by atoms with Crippen LogP contribution < -0.4 is 30.4 Å². The zero-order valence-electron chi connectivity index (χ0n) is 19.8. The summed E-state index contributed by atoms with van der Waals surface area (Å²) in [5, 5.41) is 4.37. The van der Waals surface area contributed by atoms with Gasteiger partial charge in [-0.3, -0.25) is 25.8 Å². The minimum absolute atomic E-state index is 0.0538. The Bertz CT molecular complexity index is 1360. The molecule has 0 heterocycles. The molecule has 9 heteroatoms. The maximum absolute atomic E-state index is 12.4. The number of fused-ring (bicyclic) bond motifs is 1. The first-order valence-electron chi connectivity index (χ1n) is 11.5. The predicted molar refractivity (Wildman–Crippen MR) is 145 cm³/mol. The predicted octanol–water partition coefficient (Wildman–Crippen LogP) is 4.01. The topological polar surface area (TPSA) is 97.9 Å². The minimum Gasteiger partial charge on any atom is -0.490 e. The van der Waals surface area contributed by atoms with Crippen molar-refractivity contribution < 1.29 is 23.8 Å². The summed E-state index contributed by atoms with van der Waals surface area (Å²) in [7, 11) is 0. The van der Waals surface area contributed by atoms with E-state index >= 15 is 0 Å². The van der Waals surface area contributed by atoms with Crippen LogP contribution in [0.15, 0.2) is 97.1 Å². The lowest BCUT2D eigenvalue weighted by atomic mass is 10.1. The van der Waals surface area contributed by atoms with Crippen LogP contribution in [0.1, 0.15) is 10.4 Å². The molecule has 2 amide bonds. The number of carbonyl (C=O) groups excluding carboxylic acids is 2. The van der Waals surface area contributed by atoms with Gasteiger partial charge in [0.15, 0.2) is 11.7 Å². The van der Waals surface area contributed by atoms with Gasteiger partial charge in [-0.1, -0.05) is 54.6 Å². The van der Waals surface area contributed by atoms with E-state index < -0.39 is 11.8 Å². The van der Waals surface area contributed by atoms with Gasteiger partial charge in [0.1, 0.15) is 30.5 Å². The summed E-state index contributed by atoms with van der Waals surface area (Å²) in [4.78, 5) is 24.6. The summed E-state index contributed by atoms with van der Waals surface area (Å²) in [6.45, 7) is 0.526. The van der Waals surface area contributed by atoms with Gasteiger partial charge >= 0.3 is 0 Å². The van der Waals surface area contributed by atoms with Crippen molar-refractivity contribution in [1.29, 1.82) is 0 Å². The number of hydrogen-bond donors (Lipinski definition) is 3. The summed E-state index contributed by atoms with van der Waals surface area (Å²) in [5.41, 5.74) is 5.28. The largest absolute Gasteiger partial charge is 0.490 e. The first kappa shape index (κ1) is 25.5. The summed E-state index contributed by atoms with van der Waals surface area (Å²) in [5.74, 6) is 1.09. The average Bonchev–Trinajstić information content (AvgIpc) is 2.94. The molecule has 8 nitrogen and oxygen atoms in total. The van der Waals surface area contributed by atoms with Gasteiger partial charge in [0, 0.05) is 10.9 Å². The van der Waals surface area contributed by atoms with E-state index in [2.05, 4.69) is 16.2 Å². The molecule has 4 aromatic rings. The Hall–Kier alpha value is -4.63. The Kier molecular flexibility index (Phi) is 8.87. The fourth-order valence-electron chi connectivity index (χ4n) is 3.37. The van der Waals surface area contributed by atoms with Crippen molar-refractivity contribution in [2.24, 2.45) is 0 Å². The lowest BCUT2D eigenvalue weighted by Gasteiger charge is -2.12. The quantitative estimate of drug-likeness (QED) is 0.176. The first-order valence-corrected chi connectivity index (χ1v) is 11.9. The van der Waals surface area contributed by atoms with Gasteiger partial charge in [-0.05, 0) is 60.1 Å². The molecule has 0 bridgehead atoms. The Morgan fingerprint density at radius 3 is 2.08 bits per heavy atom. The van der Waals surface area contributed by atoms with Gasteiger partial charge in [0.2, 0.25) is 0 Å². The highest BCUT2D eigenvalue weighted by Crippen LogP contribution is 2.24. The maximum atomic E-state index is 12.4. The third-order valence-electron chi connectivity index (χ3n) is 5.13. The number of hydrazine groups is 1. The highest BCUT2D eigenvalue weighted by molar-refractivity contribution is 7.80. The van der Waals surface area contributed by atoms with Crippen LogP contribution in [0.25, 0.3) is 10.8 Å². The van der Waals surface area contributed by atoms with E-state index in [1.807, 2.05) is 66.7 Å². The first-order chi connectivity index (χ1) is 18.1. The van der Waals surface area contributed by atoms with Crippen molar-refractivity contribution in [3.63, 3.8) is 0 Å². The standard InChI is InChI=1S/C28H25N3O5S/c32-26(19-36-25-12-6-8-20-7-4-5-11-24(20)25)30-31-28(37)29-27(33)21-13-15-23(16-14-21)35-18-17-34-22-9-2-1-3-10-22/h1-16H,17-19H2,(H,30,32)(H2,29,31,33,37). The molecular weight excluding hydrogens is 490 g/mol. The van der Waals surface area contributed by atoms with E-state index in [4.69, 9.17) is 26.4 Å². The maximum Gasteiger partial charge on any atom is 0.276 e. The Morgan fingerprint density at radius 1 is 0.676 bits per heavy atom. The van der Waals surface area contributed by atoms with E-state index in [1.54, 1.807) is 30.3 Å². The highest BCUT2D eigenvalue weighted by Gasteiger charge is 2.10. The fraction of sp³-hybridized carbons (Fsp3) is 0.107. The van der Waals surface area contributed by atoms with E-state index in [0.717, 1.165) is 16.5 Å². The van der Waals surface area contributed by atoms with Gasteiger partial charge < -0.3 is 14.2 Å². The van der Waals surface area contributed by atoms with Crippen LogP contribution >= 0.6 is 12.2 Å². The van der Waals surface area contributed by atoms with Crippen molar-refractivity contribution >= 4 is 39.9 Å². The minimum atomic E-state index is -0.456. The third-order valence-corrected chi connectivity index (χ3v) is 5.34. The third kappa shape index (κ3) is 7.68. The molecule has 3 N–H and O–H groups in total. The zero-order valence-corrected chi connectivity index (χ0v) is 20.6. The van der Waals surface area contributed by atoms with Crippen LogP contribution in [0, 0.1) is 0 Å². The molecule has 0 spiro atoms. The molecule has 4 aromatic carbocycles. The molecule has 0 atom stereocenters. The number of benzene rings is 4. The van der Waals surface area contributed by atoms with E-state index in [1.165, 1.54) is 0 Å². The fourth-order valence-corrected chi connectivity index (χ4v) is 3.52. The van der Waals surface area contributed by atoms with Crippen LogP contribution in [-0.2, 0) is 4.79 Å². The van der Waals surface area contributed by atoms with E-state index in [0.29, 0.717) is 30.3 Å². The number of ether oxygens (including phenoxy) is 3. The summed E-state index contributed by atoms with van der Waals surface area (Å²) in [6.07, 6.45) is 0. The summed E-state index contributed by atoms with van der Waals surface area (Å²) >= 11 is 5.09. The molecule has 0 saturated heterocycles. The molecule has 0 unspecified atom stereocenters. The van der Waals surface area contributed by atoms with E-state index in [-0.39, 0.29) is 11.7 Å². The average molecular weight is 516 g/mol. The molecule has 0 aromatic heterocycles. The number of nitrogens with one attached hydrogen (secondary N) is 3. The SMILES string of the molecule is O=C(COc1cccc2ccccc12)NNC(=S)NC(=O)c1ccc(OCCOc2ccccc2)cc1.